The molecule has 25 heavy (non-hydrogen) atoms. The van der Waals surface area contributed by atoms with E-state index in [9.17, 15) is 4.79 Å². The number of imidazole rings is 1. The number of aromatic nitrogens is 3. The summed E-state index contributed by atoms with van der Waals surface area (Å²) in [5.41, 5.74) is 2.11. The number of amides is 1. The predicted octanol–water partition coefficient (Wildman–Crippen LogP) is 3.08. The predicted molar refractivity (Wildman–Crippen MR) is 97.8 cm³/mol. The molecule has 0 saturated carbocycles. The van der Waals surface area contributed by atoms with Gasteiger partial charge in [-0.25, -0.2) is 4.98 Å². The summed E-state index contributed by atoms with van der Waals surface area (Å²) in [5.74, 6) is 0.911. The van der Waals surface area contributed by atoms with Gasteiger partial charge in [-0.1, -0.05) is 36.4 Å². The van der Waals surface area contributed by atoms with Crippen molar-refractivity contribution in [2.75, 3.05) is 6.54 Å². The van der Waals surface area contributed by atoms with Gasteiger partial charge in [-0.05, 0) is 30.5 Å². The molecule has 0 bridgehead atoms. The number of rotatable bonds is 8. The van der Waals surface area contributed by atoms with E-state index >= 15 is 0 Å². The Labute approximate surface area is 147 Å². The number of carbonyl (C=O) groups excluding carboxylic acids is 1. The van der Waals surface area contributed by atoms with E-state index in [2.05, 4.69) is 27.4 Å². The summed E-state index contributed by atoms with van der Waals surface area (Å²) in [6.07, 6.45) is 7.76. The number of aryl methyl sites for hydroxylation is 1. The van der Waals surface area contributed by atoms with Gasteiger partial charge in [0.25, 0.3) is 0 Å². The topological polar surface area (TPSA) is 59.8 Å². The normalized spacial score (nSPS) is 10.6. The molecule has 0 aliphatic rings. The molecule has 5 heteroatoms. The molecule has 3 aromatic rings. The fourth-order valence-corrected chi connectivity index (χ4v) is 2.72. The third kappa shape index (κ3) is 5.01. The number of carbonyl (C=O) groups is 1. The van der Waals surface area contributed by atoms with Gasteiger partial charge in [0, 0.05) is 38.1 Å². The highest BCUT2D eigenvalue weighted by atomic mass is 16.1. The smallest absolute Gasteiger partial charge is 0.220 e. The van der Waals surface area contributed by atoms with Crippen molar-refractivity contribution in [3.63, 3.8) is 0 Å². The van der Waals surface area contributed by atoms with Crippen molar-refractivity contribution in [2.45, 2.75) is 25.8 Å². The summed E-state index contributed by atoms with van der Waals surface area (Å²) in [5, 5.41) is 2.98. The van der Waals surface area contributed by atoms with Gasteiger partial charge in [-0.15, -0.1) is 0 Å². The molecule has 0 fully saturated rings. The molecule has 0 saturated heterocycles. The van der Waals surface area contributed by atoms with Gasteiger partial charge in [-0.3, -0.25) is 9.78 Å². The Balaban J connectivity index is 1.41. The molecule has 1 N–H and O–H groups in total. The minimum atomic E-state index is 0.0930. The molecule has 0 unspecified atom stereocenters. The average Bonchev–Trinajstić information content (AvgIpc) is 3.12. The Kier molecular flexibility index (Phi) is 5.93. The molecule has 1 amide bonds. The first-order valence-corrected chi connectivity index (χ1v) is 8.56. The van der Waals surface area contributed by atoms with E-state index < -0.39 is 0 Å². The van der Waals surface area contributed by atoms with E-state index in [1.54, 1.807) is 12.4 Å². The van der Waals surface area contributed by atoms with E-state index in [1.807, 2.05) is 47.2 Å². The molecule has 1 aromatic carbocycles. The van der Waals surface area contributed by atoms with Gasteiger partial charge in [0.15, 0.2) is 5.82 Å². The maximum atomic E-state index is 12.0. The minimum Gasteiger partial charge on any atom is -0.354 e. The molecule has 3 rings (SSSR count). The minimum absolute atomic E-state index is 0.0930. The lowest BCUT2D eigenvalue weighted by Crippen LogP contribution is -2.27. The van der Waals surface area contributed by atoms with Gasteiger partial charge >= 0.3 is 0 Å². The Morgan fingerprint density at radius 3 is 2.64 bits per heavy atom. The fraction of sp³-hybridized carbons (Fsp3) is 0.250. The number of benzene rings is 1. The molecule has 0 aliphatic carbocycles. The summed E-state index contributed by atoms with van der Waals surface area (Å²) in [4.78, 5) is 20.6. The molecule has 0 radical (unpaired) electrons. The van der Waals surface area contributed by atoms with E-state index in [1.165, 1.54) is 5.56 Å². The van der Waals surface area contributed by atoms with Gasteiger partial charge in [0.2, 0.25) is 5.91 Å². The van der Waals surface area contributed by atoms with Crippen LogP contribution in [0.3, 0.4) is 0 Å². The highest BCUT2D eigenvalue weighted by Gasteiger charge is 2.07. The lowest BCUT2D eigenvalue weighted by molar-refractivity contribution is -0.121. The highest BCUT2D eigenvalue weighted by Crippen LogP contribution is 2.13. The number of nitrogens with zero attached hydrogens (tertiary/aromatic N) is 3. The zero-order valence-electron chi connectivity index (χ0n) is 14.1. The first-order valence-electron chi connectivity index (χ1n) is 8.56. The Morgan fingerprint density at radius 2 is 1.84 bits per heavy atom. The molecular formula is C20H22N4O. The van der Waals surface area contributed by atoms with E-state index in [0.29, 0.717) is 19.5 Å². The van der Waals surface area contributed by atoms with E-state index in [4.69, 9.17) is 0 Å². The standard InChI is InChI=1S/C20H22N4O/c25-19(11-6-9-17-7-2-1-3-8-17)22-13-15-24-16-14-23-20(24)18-10-4-5-12-21-18/h1-5,7-8,10,12,14,16H,6,9,11,13,15H2,(H,22,25). The molecule has 2 aromatic heterocycles. The molecule has 5 nitrogen and oxygen atoms in total. The average molecular weight is 334 g/mol. The fourth-order valence-electron chi connectivity index (χ4n) is 2.72. The van der Waals surface area contributed by atoms with Gasteiger partial charge in [0.1, 0.15) is 5.69 Å². The van der Waals surface area contributed by atoms with Crippen LogP contribution in [0, 0.1) is 0 Å². The van der Waals surface area contributed by atoms with Crippen molar-refractivity contribution in [2.24, 2.45) is 0 Å². The quantitative estimate of drug-likeness (QED) is 0.689. The molecule has 0 aliphatic heterocycles. The maximum Gasteiger partial charge on any atom is 0.220 e. The lowest BCUT2D eigenvalue weighted by Gasteiger charge is -2.09. The van der Waals surface area contributed by atoms with Crippen LogP contribution in [-0.2, 0) is 17.8 Å². The van der Waals surface area contributed by atoms with Crippen molar-refractivity contribution >= 4 is 5.91 Å². The van der Waals surface area contributed by atoms with Crippen LogP contribution in [0.2, 0.25) is 0 Å². The van der Waals surface area contributed by atoms with Crippen LogP contribution in [0.4, 0.5) is 0 Å². The summed E-state index contributed by atoms with van der Waals surface area (Å²) >= 11 is 0. The zero-order chi connectivity index (χ0) is 17.3. The summed E-state index contributed by atoms with van der Waals surface area (Å²) in [7, 11) is 0. The Bertz CT molecular complexity index is 784. The van der Waals surface area contributed by atoms with Crippen molar-refractivity contribution in [3.05, 3.63) is 72.7 Å². The Hall–Kier alpha value is -2.95. The van der Waals surface area contributed by atoms with Crippen LogP contribution in [0.25, 0.3) is 11.5 Å². The monoisotopic (exact) mass is 334 g/mol. The third-order valence-corrected chi connectivity index (χ3v) is 4.00. The molecule has 2 heterocycles. The summed E-state index contributed by atoms with van der Waals surface area (Å²) in [6, 6.07) is 16.0. The van der Waals surface area contributed by atoms with Gasteiger partial charge in [0.05, 0.1) is 0 Å². The second-order valence-electron chi connectivity index (χ2n) is 5.85. The van der Waals surface area contributed by atoms with Crippen LogP contribution in [-0.4, -0.2) is 27.0 Å². The first kappa shape index (κ1) is 16.9. The van der Waals surface area contributed by atoms with Crippen LogP contribution in [0.5, 0.6) is 0 Å². The van der Waals surface area contributed by atoms with Crippen molar-refractivity contribution in [1.29, 1.82) is 0 Å². The van der Waals surface area contributed by atoms with E-state index in [0.717, 1.165) is 24.4 Å². The second kappa shape index (κ2) is 8.78. The second-order valence-corrected chi connectivity index (χ2v) is 5.85. The number of pyridine rings is 1. The van der Waals surface area contributed by atoms with Crippen molar-refractivity contribution in [3.8, 4) is 11.5 Å². The number of hydrogen-bond acceptors (Lipinski definition) is 3. The SMILES string of the molecule is O=C(CCCc1ccccc1)NCCn1ccnc1-c1ccccn1. The van der Waals surface area contributed by atoms with Crippen molar-refractivity contribution in [1.82, 2.24) is 19.9 Å². The van der Waals surface area contributed by atoms with Crippen LogP contribution < -0.4 is 5.32 Å². The zero-order valence-corrected chi connectivity index (χ0v) is 14.1. The van der Waals surface area contributed by atoms with Crippen molar-refractivity contribution < 1.29 is 4.79 Å². The number of nitrogens with one attached hydrogen (secondary N) is 1. The molecule has 0 atom stereocenters. The highest BCUT2D eigenvalue weighted by molar-refractivity contribution is 5.75. The Morgan fingerprint density at radius 1 is 1.00 bits per heavy atom. The van der Waals surface area contributed by atoms with Crippen LogP contribution in [0.1, 0.15) is 18.4 Å². The number of hydrogen-bond donors (Lipinski definition) is 1. The lowest BCUT2D eigenvalue weighted by atomic mass is 10.1. The molecule has 0 spiro atoms. The maximum absolute atomic E-state index is 12.0. The third-order valence-electron chi connectivity index (χ3n) is 4.00. The van der Waals surface area contributed by atoms with Crippen LogP contribution >= 0.6 is 0 Å². The summed E-state index contributed by atoms with van der Waals surface area (Å²) < 4.78 is 2.01. The van der Waals surface area contributed by atoms with Gasteiger partial charge in [-0.2, -0.15) is 0 Å². The molecular weight excluding hydrogens is 312 g/mol. The largest absolute Gasteiger partial charge is 0.354 e. The summed E-state index contributed by atoms with van der Waals surface area (Å²) in [6.45, 7) is 1.26. The van der Waals surface area contributed by atoms with Gasteiger partial charge < -0.3 is 9.88 Å². The van der Waals surface area contributed by atoms with Crippen LogP contribution in [0.15, 0.2) is 67.1 Å². The van der Waals surface area contributed by atoms with E-state index in [-0.39, 0.29) is 5.91 Å². The first-order chi connectivity index (χ1) is 12.3. The molecule has 128 valence electrons.